The third-order valence-electron chi connectivity index (χ3n) is 7.05. The Labute approximate surface area is 297 Å². The molecule has 0 saturated carbocycles. The zero-order valence-electron chi connectivity index (χ0n) is 24.7. The van der Waals surface area contributed by atoms with Gasteiger partial charge in [0.2, 0.25) is 0 Å². The summed E-state index contributed by atoms with van der Waals surface area (Å²) in [5.74, 6) is -3.30. The molecule has 6 rings (SSSR count). The van der Waals surface area contributed by atoms with Crippen LogP contribution < -0.4 is 5.73 Å². The Morgan fingerprint density at radius 3 is 1.12 bits per heavy atom. The zero-order valence-corrected chi connectivity index (χ0v) is 28.5. The molecule has 48 heavy (non-hydrogen) atoms. The minimum atomic E-state index is -0.829. The molecule has 0 aliphatic heterocycles. The summed E-state index contributed by atoms with van der Waals surface area (Å²) >= 11 is 29.8. The first-order valence-corrected chi connectivity index (χ1v) is 15.6. The number of hydrogen-bond acceptors (Lipinski definition) is 5. The third-order valence-corrected chi connectivity index (χ3v) is 8.30. The van der Waals surface area contributed by atoms with Crippen molar-refractivity contribution >= 4 is 63.7 Å². The van der Waals surface area contributed by atoms with E-state index in [2.05, 4.69) is 20.4 Å². The van der Waals surface area contributed by atoms with Crippen LogP contribution in [0, 0.1) is 37.1 Å². The quantitative estimate of drug-likeness (QED) is 0.143. The average Bonchev–Trinajstić information content (AvgIpc) is 3.01. The topological polar surface area (TPSA) is 77.6 Å². The molecule has 5 nitrogen and oxygen atoms in total. The number of nitrogens with two attached hydrogens (primary N) is 1. The lowest BCUT2D eigenvalue weighted by Crippen LogP contribution is -2.01. The van der Waals surface area contributed by atoms with Gasteiger partial charge in [0.25, 0.3) is 0 Å². The van der Waals surface area contributed by atoms with Crippen molar-refractivity contribution in [2.45, 2.75) is 13.8 Å². The van der Waals surface area contributed by atoms with Crippen molar-refractivity contribution in [3.8, 4) is 44.5 Å². The summed E-state index contributed by atoms with van der Waals surface area (Å²) in [7, 11) is 0. The van der Waals surface area contributed by atoms with Gasteiger partial charge in [0.05, 0.1) is 22.5 Å². The molecule has 244 valence electrons. The molecule has 0 atom stereocenters. The van der Waals surface area contributed by atoms with Gasteiger partial charge in [-0.1, -0.05) is 82.3 Å². The van der Waals surface area contributed by atoms with Gasteiger partial charge in [0.15, 0.2) is 10.3 Å². The fourth-order valence-corrected chi connectivity index (χ4v) is 5.91. The fraction of sp³-hybridized carbons (Fsp3) is 0.0588. The van der Waals surface area contributed by atoms with Crippen molar-refractivity contribution < 1.29 is 17.6 Å². The maximum absolute atomic E-state index is 14.4. The monoisotopic (exact) mass is 749 g/mol. The number of nitrogens with zero attached hydrogens (tertiary/aromatic N) is 4. The molecule has 2 aromatic heterocycles. The summed E-state index contributed by atoms with van der Waals surface area (Å²) in [4.78, 5) is 0. The lowest BCUT2D eigenvalue weighted by Gasteiger charge is -2.15. The summed E-state index contributed by atoms with van der Waals surface area (Å²) in [5.41, 5.74) is 8.37. The van der Waals surface area contributed by atoms with E-state index < -0.39 is 23.3 Å². The van der Waals surface area contributed by atoms with Crippen molar-refractivity contribution in [2.24, 2.45) is 0 Å². The van der Waals surface area contributed by atoms with Gasteiger partial charge in [0.1, 0.15) is 23.3 Å². The van der Waals surface area contributed by atoms with Gasteiger partial charge in [-0.05, 0) is 73.5 Å². The molecule has 0 saturated heterocycles. The maximum Gasteiger partial charge on any atom is 0.160 e. The lowest BCUT2D eigenvalue weighted by atomic mass is 9.94. The molecule has 0 aliphatic carbocycles. The highest BCUT2D eigenvalue weighted by Gasteiger charge is 2.24. The molecule has 2 heterocycles. The lowest BCUT2D eigenvalue weighted by molar-refractivity contribution is 0.589. The van der Waals surface area contributed by atoms with Crippen molar-refractivity contribution in [3.05, 3.63) is 133 Å². The van der Waals surface area contributed by atoms with E-state index in [9.17, 15) is 17.6 Å². The Morgan fingerprint density at radius 1 is 0.438 bits per heavy atom. The van der Waals surface area contributed by atoms with Crippen LogP contribution in [-0.4, -0.2) is 20.4 Å². The molecule has 0 unspecified atom stereocenters. The van der Waals surface area contributed by atoms with Crippen LogP contribution in [0.5, 0.6) is 0 Å². The Balaban J connectivity index is 0.000000188. The number of halogens is 9. The van der Waals surface area contributed by atoms with Crippen LogP contribution in [0.15, 0.2) is 72.8 Å². The van der Waals surface area contributed by atoms with Crippen LogP contribution in [0.1, 0.15) is 11.4 Å². The highest BCUT2D eigenvalue weighted by Crippen LogP contribution is 2.42. The van der Waals surface area contributed by atoms with Gasteiger partial charge in [-0.2, -0.15) is 10.2 Å². The van der Waals surface area contributed by atoms with Crippen LogP contribution in [0.2, 0.25) is 25.4 Å². The second-order valence-electron chi connectivity index (χ2n) is 10.3. The fourth-order valence-electron chi connectivity index (χ4n) is 5.01. The molecule has 0 aliphatic rings. The molecular weight excluding hydrogens is 732 g/mol. The normalized spacial score (nSPS) is 10.9. The van der Waals surface area contributed by atoms with E-state index in [0.717, 1.165) is 24.3 Å². The van der Waals surface area contributed by atoms with Crippen LogP contribution >= 0.6 is 58.0 Å². The van der Waals surface area contributed by atoms with E-state index in [1.807, 2.05) is 0 Å². The molecule has 6 aromatic rings. The zero-order chi connectivity index (χ0) is 34.9. The largest absolute Gasteiger partial charge is 0.399 e. The summed E-state index contributed by atoms with van der Waals surface area (Å²) in [6.07, 6.45) is 0. The van der Waals surface area contributed by atoms with E-state index >= 15 is 0 Å². The van der Waals surface area contributed by atoms with E-state index in [1.165, 1.54) is 0 Å². The minimum Gasteiger partial charge on any atom is -0.399 e. The molecule has 0 bridgehead atoms. The van der Waals surface area contributed by atoms with E-state index in [0.29, 0.717) is 43.7 Å². The predicted octanol–water partition coefficient (Wildman–Crippen LogP) is 11.6. The summed E-state index contributed by atoms with van der Waals surface area (Å²) < 4.78 is 57.7. The van der Waals surface area contributed by atoms with E-state index in [-0.39, 0.29) is 43.3 Å². The standard InChI is InChI=1S/C17H9Cl3F2N2.C17H11Cl2F2N3/c1-8-14(9-2-4-10(18)5-3-9)16(17(20)24-23-8)15-12(21)6-11(19)7-13(15)22;1-8-14(9-2-4-10(18)5-3-9)16(17(19)24-23-8)15-12(20)6-11(22)7-13(15)21/h2-7H,1H3;2-7H,22H2,1H3. The molecule has 0 radical (unpaired) electrons. The Hall–Kier alpha value is -3.99. The smallest absolute Gasteiger partial charge is 0.160 e. The van der Waals surface area contributed by atoms with E-state index in [1.54, 1.807) is 62.4 Å². The van der Waals surface area contributed by atoms with Gasteiger partial charge in [-0.15, -0.1) is 10.2 Å². The summed E-state index contributed by atoms with van der Waals surface area (Å²) in [6.45, 7) is 3.37. The molecule has 2 N–H and O–H groups in total. The second-order valence-corrected chi connectivity index (χ2v) is 12.3. The number of anilines is 1. The second kappa shape index (κ2) is 14.6. The molecule has 4 aromatic carbocycles. The molecule has 0 spiro atoms. The van der Waals surface area contributed by atoms with Gasteiger partial charge in [0, 0.05) is 43.0 Å². The van der Waals surface area contributed by atoms with Gasteiger partial charge < -0.3 is 5.73 Å². The van der Waals surface area contributed by atoms with Gasteiger partial charge in [-0.25, -0.2) is 17.6 Å². The van der Waals surface area contributed by atoms with E-state index in [4.69, 9.17) is 63.7 Å². The first kappa shape index (κ1) is 35.3. The van der Waals surface area contributed by atoms with Crippen LogP contribution in [-0.2, 0) is 0 Å². The van der Waals surface area contributed by atoms with Crippen LogP contribution in [0.4, 0.5) is 23.2 Å². The number of nitrogen functional groups attached to an aromatic ring is 1. The van der Waals surface area contributed by atoms with Crippen molar-refractivity contribution in [1.82, 2.24) is 20.4 Å². The maximum atomic E-state index is 14.4. The Bertz CT molecular complexity index is 1960. The molecule has 0 amide bonds. The highest BCUT2D eigenvalue weighted by molar-refractivity contribution is 6.34. The van der Waals surface area contributed by atoms with Crippen LogP contribution in [0.3, 0.4) is 0 Å². The average molecular weight is 752 g/mol. The Morgan fingerprint density at radius 2 is 0.771 bits per heavy atom. The third kappa shape index (κ3) is 7.36. The van der Waals surface area contributed by atoms with Crippen molar-refractivity contribution in [1.29, 1.82) is 0 Å². The molecule has 0 fully saturated rings. The summed E-state index contributed by atoms with van der Waals surface area (Å²) in [5, 5.41) is 16.3. The number of hydrogen-bond donors (Lipinski definition) is 1. The van der Waals surface area contributed by atoms with Gasteiger partial charge >= 0.3 is 0 Å². The summed E-state index contributed by atoms with van der Waals surface area (Å²) in [6, 6.07) is 17.7. The van der Waals surface area contributed by atoms with Crippen LogP contribution in [0.25, 0.3) is 44.5 Å². The van der Waals surface area contributed by atoms with Gasteiger partial charge in [-0.3, -0.25) is 0 Å². The number of rotatable bonds is 4. The first-order valence-electron chi connectivity index (χ1n) is 13.7. The highest BCUT2D eigenvalue weighted by atomic mass is 35.5. The number of benzene rings is 4. The predicted molar refractivity (Wildman–Crippen MR) is 185 cm³/mol. The SMILES string of the molecule is Cc1nnc(Cl)c(-c2c(F)cc(Cl)cc2F)c1-c1ccc(Cl)cc1.Cc1nnc(Cl)c(-c2c(F)cc(N)cc2F)c1-c1ccc(Cl)cc1. The number of aryl methyl sites for hydroxylation is 2. The molecule has 14 heteroatoms. The van der Waals surface area contributed by atoms with Crippen molar-refractivity contribution in [2.75, 3.05) is 5.73 Å². The number of aromatic nitrogens is 4. The molecular formula is C34H20Cl5F4N5. The van der Waals surface area contributed by atoms with Crippen molar-refractivity contribution in [3.63, 3.8) is 0 Å². The Kier molecular flexibility index (Phi) is 10.8. The first-order chi connectivity index (χ1) is 22.8. The minimum absolute atomic E-state index is 0.0170.